The second-order valence-corrected chi connectivity index (χ2v) is 9.44. The van der Waals surface area contributed by atoms with Crippen LogP contribution in [0.4, 0.5) is 0 Å². The molecule has 0 saturated heterocycles. The molecule has 0 saturated carbocycles. The maximum Gasteiger partial charge on any atom is 0.173 e. The Labute approximate surface area is 188 Å². The number of tetrazole rings is 1. The van der Waals surface area contributed by atoms with E-state index in [-0.39, 0.29) is 17.5 Å². The maximum atomic E-state index is 6.37. The summed E-state index contributed by atoms with van der Waals surface area (Å²) in [6.07, 6.45) is 4.11. The molecule has 2 unspecified atom stereocenters. The molecule has 1 aromatic heterocycles. The van der Waals surface area contributed by atoms with Crippen molar-refractivity contribution in [2.45, 2.75) is 32.9 Å². The van der Waals surface area contributed by atoms with E-state index < -0.39 is 0 Å². The molecule has 2 atom stereocenters. The van der Waals surface area contributed by atoms with Crippen molar-refractivity contribution in [3.05, 3.63) is 81.6 Å². The fourth-order valence-corrected chi connectivity index (χ4v) is 3.93. The third-order valence-corrected chi connectivity index (χ3v) is 5.53. The molecule has 5 nitrogen and oxygen atoms in total. The lowest BCUT2D eigenvalue weighted by atomic mass is 9.86. The average molecular weight is 444 g/mol. The van der Waals surface area contributed by atoms with Crippen molar-refractivity contribution in [3.63, 3.8) is 0 Å². The van der Waals surface area contributed by atoms with Gasteiger partial charge in [0.25, 0.3) is 0 Å². The van der Waals surface area contributed by atoms with Gasteiger partial charge in [0.1, 0.15) is 0 Å². The highest BCUT2D eigenvalue weighted by Gasteiger charge is 2.31. The van der Waals surface area contributed by atoms with Crippen LogP contribution in [0.3, 0.4) is 0 Å². The summed E-state index contributed by atoms with van der Waals surface area (Å²) in [5.74, 6) is 0.790. The second kappa shape index (κ2) is 9.29. The number of benzene rings is 2. The molecule has 158 valence electrons. The lowest BCUT2D eigenvalue weighted by Gasteiger charge is -2.31. The quantitative estimate of drug-likeness (QED) is 0.473. The van der Waals surface area contributed by atoms with Crippen molar-refractivity contribution < 1.29 is 0 Å². The Morgan fingerprint density at radius 2 is 1.73 bits per heavy atom. The van der Waals surface area contributed by atoms with Crippen LogP contribution in [0.1, 0.15) is 49.8 Å². The lowest BCUT2D eigenvalue weighted by Crippen LogP contribution is -2.30. The molecule has 0 aliphatic heterocycles. The number of nitrogens with zero attached hydrogens (tertiary/aromatic N) is 5. The summed E-state index contributed by atoms with van der Waals surface area (Å²) in [4.78, 5) is 2.12. The number of halogens is 2. The zero-order valence-electron chi connectivity index (χ0n) is 17.9. The molecule has 0 aliphatic carbocycles. The lowest BCUT2D eigenvalue weighted by molar-refractivity contribution is 0.245. The summed E-state index contributed by atoms with van der Waals surface area (Å²) < 4.78 is 1.91. The van der Waals surface area contributed by atoms with Gasteiger partial charge in [-0.2, -0.15) is 0 Å². The first kappa shape index (κ1) is 22.5. The molecule has 2 aromatic carbocycles. The van der Waals surface area contributed by atoms with Crippen molar-refractivity contribution >= 4 is 29.3 Å². The summed E-state index contributed by atoms with van der Waals surface area (Å²) in [5.41, 5.74) is 1.90. The van der Waals surface area contributed by atoms with E-state index in [9.17, 15) is 0 Å². The predicted octanol–water partition coefficient (Wildman–Crippen LogP) is 5.93. The third-order valence-electron chi connectivity index (χ3n) is 4.97. The van der Waals surface area contributed by atoms with E-state index in [1.165, 1.54) is 0 Å². The molecule has 0 aliphatic rings. The minimum atomic E-state index is -0.132. The number of allylic oxidation sites excluding steroid dienone is 1. The molecular formula is C23H27Cl2N5. The first-order valence-corrected chi connectivity index (χ1v) is 10.6. The van der Waals surface area contributed by atoms with E-state index >= 15 is 0 Å². The van der Waals surface area contributed by atoms with Crippen LogP contribution in [-0.2, 0) is 0 Å². The molecule has 0 spiro atoms. The number of hydrogen-bond acceptors (Lipinski definition) is 4. The summed E-state index contributed by atoms with van der Waals surface area (Å²) in [7, 11) is 4.07. The van der Waals surface area contributed by atoms with Gasteiger partial charge in [-0.3, -0.25) is 4.90 Å². The van der Waals surface area contributed by atoms with Crippen molar-refractivity contribution in [2.24, 2.45) is 5.41 Å². The van der Waals surface area contributed by atoms with Gasteiger partial charge in [0.05, 0.1) is 12.1 Å². The zero-order valence-corrected chi connectivity index (χ0v) is 19.4. The largest absolute Gasteiger partial charge is 0.296 e. The molecule has 0 N–H and O–H groups in total. The van der Waals surface area contributed by atoms with E-state index in [0.29, 0.717) is 10.0 Å². The van der Waals surface area contributed by atoms with Crippen molar-refractivity contribution in [3.8, 4) is 0 Å². The highest BCUT2D eigenvalue weighted by molar-refractivity contribution is 6.35. The Bertz CT molecular complexity index is 1010. The van der Waals surface area contributed by atoms with Crippen molar-refractivity contribution in [2.75, 3.05) is 14.1 Å². The Balaban J connectivity index is 2.05. The molecular weight excluding hydrogens is 417 g/mol. The van der Waals surface area contributed by atoms with E-state index in [0.717, 1.165) is 17.0 Å². The minimum Gasteiger partial charge on any atom is -0.296 e. The Hall–Kier alpha value is -2.21. The first-order valence-electron chi connectivity index (χ1n) is 9.81. The summed E-state index contributed by atoms with van der Waals surface area (Å²) in [6.45, 7) is 6.51. The van der Waals surface area contributed by atoms with E-state index in [1.807, 2.05) is 55.2 Å². The molecule has 3 rings (SSSR count). The zero-order chi connectivity index (χ0) is 21.9. The Morgan fingerprint density at radius 3 is 2.33 bits per heavy atom. The molecule has 0 radical (unpaired) electrons. The molecule has 0 amide bonds. The third kappa shape index (κ3) is 5.09. The van der Waals surface area contributed by atoms with Crippen LogP contribution >= 0.6 is 23.2 Å². The van der Waals surface area contributed by atoms with Gasteiger partial charge in [0.15, 0.2) is 5.82 Å². The van der Waals surface area contributed by atoms with Crippen LogP contribution in [0.15, 0.2) is 54.6 Å². The van der Waals surface area contributed by atoms with Crippen LogP contribution in [0.5, 0.6) is 0 Å². The normalized spacial score (nSPS) is 14.4. The molecule has 1 heterocycles. The molecule has 0 bridgehead atoms. The molecule has 0 fully saturated rings. The van der Waals surface area contributed by atoms with Gasteiger partial charge in [0, 0.05) is 10.0 Å². The fraction of sp³-hybridized carbons (Fsp3) is 0.348. The minimum absolute atomic E-state index is 0.0708. The highest BCUT2D eigenvalue weighted by atomic mass is 35.5. The van der Waals surface area contributed by atoms with E-state index in [2.05, 4.69) is 59.4 Å². The standard InChI is InChI=1S/C23H27Cl2N5/c1-23(2,3)20(14-12-16-11-13-18(24)15-19(16)25)30-22(26-27-28-30)21(29(4)5)17-9-7-6-8-10-17/h6-15,20-21H,1-5H3/b14-12-. The van der Waals surface area contributed by atoms with Gasteiger partial charge >= 0.3 is 0 Å². The van der Waals surface area contributed by atoms with Crippen molar-refractivity contribution in [1.29, 1.82) is 0 Å². The molecule has 7 heteroatoms. The second-order valence-electron chi connectivity index (χ2n) is 8.59. The van der Waals surface area contributed by atoms with Crippen molar-refractivity contribution in [1.82, 2.24) is 25.1 Å². The molecule has 30 heavy (non-hydrogen) atoms. The smallest absolute Gasteiger partial charge is 0.173 e. The number of rotatable bonds is 6. The topological polar surface area (TPSA) is 46.8 Å². The Morgan fingerprint density at radius 1 is 1.03 bits per heavy atom. The van der Waals surface area contributed by atoms with Gasteiger partial charge < -0.3 is 0 Å². The summed E-state index contributed by atoms with van der Waals surface area (Å²) in [6, 6.07) is 15.6. The first-order chi connectivity index (χ1) is 14.2. The fourth-order valence-electron chi connectivity index (χ4n) is 3.46. The van der Waals surface area contributed by atoms with Gasteiger partial charge in [-0.1, -0.05) is 92.5 Å². The Kier molecular flexibility index (Phi) is 6.96. The van der Waals surface area contributed by atoms with Crippen LogP contribution in [0, 0.1) is 5.41 Å². The summed E-state index contributed by atoms with van der Waals surface area (Å²) in [5, 5.41) is 14.1. The number of hydrogen-bond donors (Lipinski definition) is 0. The van der Waals surface area contributed by atoms with Crippen LogP contribution < -0.4 is 0 Å². The van der Waals surface area contributed by atoms with Crippen LogP contribution in [0.2, 0.25) is 10.0 Å². The summed E-state index contributed by atoms with van der Waals surface area (Å²) >= 11 is 12.4. The van der Waals surface area contributed by atoms with Crippen LogP contribution in [-0.4, -0.2) is 39.2 Å². The van der Waals surface area contributed by atoms with Crippen LogP contribution in [0.25, 0.3) is 6.08 Å². The average Bonchev–Trinajstić information content (AvgIpc) is 3.12. The highest BCUT2D eigenvalue weighted by Crippen LogP contribution is 2.35. The van der Waals surface area contributed by atoms with Gasteiger partial charge in [-0.05, 0) is 53.2 Å². The predicted molar refractivity (Wildman–Crippen MR) is 124 cm³/mol. The number of aromatic nitrogens is 4. The molecule has 3 aromatic rings. The maximum absolute atomic E-state index is 6.37. The van der Waals surface area contributed by atoms with Gasteiger partial charge in [0.2, 0.25) is 0 Å². The van der Waals surface area contributed by atoms with Gasteiger partial charge in [-0.15, -0.1) is 5.10 Å². The van der Waals surface area contributed by atoms with E-state index in [4.69, 9.17) is 23.2 Å². The van der Waals surface area contributed by atoms with Gasteiger partial charge in [-0.25, -0.2) is 4.68 Å². The van der Waals surface area contributed by atoms with E-state index in [1.54, 1.807) is 6.07 Å². The SMILES string of the molecule is CN(C)C(c1ccccc1)c1nnnn1C(/C=C\c1ccc(Cl)cc1Cl)C(C)(C)C. The monoisotopic (exact) mass is 443 g/mol.